The molecule has 4 N–H and O–H groups in total. The Balaban J connectivity index is 1.77. The first-order chi connectivity index (χ1) is 14.8. The zero-order chi connectivity index (χ0) is 22.6. The fourth-order valence-corrected chi connectivity index (χ4v) is 6.38. The SMILES string of the molecule is COCCOc1cc(CC(=O)NC2=C(C#N)C3=C(CCNC3)[SH]2C)ccc1S(N)(=O)=O. The summed E-state index contributed by atoms with van der Waals surface area (Å²) in [6, 6.07) is 6.59. The molecule has 0 saturated heterocycles. The van der Waals surface area contributed by atoms with E-state index in [2.05, 4.69) is 23.0 Å². The molecular weight excluding hydrogens is 440 g/mol. The third kappa shape index (κ3) is 5.28. The lowest BCUT2D eigenvalue weighted by atomic mass is 10.0. The normalized spacial score (nSPS) is 19.7. The molecule has 1 unspecified atom stereocenters. The van der Waals surface area contributed by atoms with E-state index in [9.17, 15) is 18.5 Å². The van der Waals surface area contributed by atoms with Gasteiger partial charge in [-0.25, -0.2) is 13.6 Å². The summed E-state index contributed by atoms with van der Waals surface area (Å²) in [5, 5.41) is 21.8. The van der Waals surface area contributed by atoms with Crippen LogP contribution < -0.4 is 20.5 Å². The first kappa shape index (κ1) is 23.3. The summed E-state index contributed by atoms with van der Waals surface area (Å²) in [5.41, 5.74) is 2.12. The van der Waals surface area contributed by atoms with Crippen LogP contribution in [0.3, 0.4) is 0 Å². The number of hydrogen-bond acceptors (Lipinski definition) is 7. The summed E-state index contributed by atoms with van der Waals surface area (Å²) in [4.78, 5) is 13.9. The second-order valence-electron chi connectivity index (χ2n) is 7.14. The highest BCUT2D eigenvalue weighted by molar-refractivity contribution is 8.23. The van der Waals surface area contributed by atoms with Crippen LogP contribution in [-0.2, 0) is 26.0 Å². The Kier molecular flexibility index (Phi) is 7.40. The molecule has 1 amide bonds. The number of sulfonamides is 1. The molecule has 3 rings (SSSR count). The third-order valence-electron chi connectivity index (χ3n) is 5.06. The molecule has 0 aromatic heterocycles. The van der Waals surface area contributed by atoms with Crippen LogP contribution in [0.1, 0.15) is 12.0 Å². The van der Waals surface area contributed by atoms with Crippen molar-refractivity contribution in [3.8, 4) is 11.8 Å². The van der Waals surface area contributed by atoms with E-state index in [1.807, 2.05) is 0 Å². The number of nitrogens with zero attached hydrogens (tertiary/aromatic N) is 1. The van der Waals surface area contributed by atoms with Crippen molar-refractivity contribution in [3.05, 3.63) is 44.8 Å². The number of carbonyl (C=O) groups is 1. The van der Waals surface area contributed by atoms with Gasteiger partial charge in [0.1, 0.15) is 23.3 Å². The number of nitrogens with two attached hydrogens (primary N) is 1. The number of benzene rings is 1. The monoisotopic (exact) mass is 466 g/mol. The predicted octanol–water partition coefficient (Wildman–Crippen LogP) is 0.645. The van der Waals surface area contributed by atoms with Gasteiger partial charge in [0, 0.05) is 13.7 Å². The Hall–Kier alpha value is -2.36. The van der Waals surface area contributed by atoms with Gasteiger partial charge in [-0.05, 0) is 47.4 Å². The Morgan fingerprint density at radius 2 is 2.16 bits per heavy atom. The maximum absolute atomic E-state index is 12.8. The van der Waals surface area contributed by atoms with Crippen molar-refractivity contribution in [3.63, 3.8) is 0 Å². The van der Waals surface area contributed by atoms with E-state index in [0.717, 1.165) is 18.5 Å². The van der Waals surface area contributed by atoms with E-state index in [-0.39, 0.29) is 36.2 Å². The molecule has 168 valence electrons. The number of primary sulfonamides is 1. The van der Waals surface area contributed by atoms with E-state index in [1.54, 1.807) is 0 Å². The van der Waals surface area contributed by atoms with Crippen molar-refractivity contribution in [1.82, 2.24) is 10.6 Å². The maximum Gasteiger partial charge on any atom is 0.241 e. The molecule has 9 nitrogen and oxygen atoms in total. The number of carbonyl (C=O) groups excluding carboxylic acids is 1. The summed E-state index contributed by atoms with van der Waals surface area (Å²) in [6.07, 6.45) is 2.93. The standard InChI is InChI=1S/C20H26N4O5S2/c1-28-7-8-29-16-9-13(3-4-18(16)31(22,26)27)10-19(25)24-20-14(11-21)15-12-23-6-5-17(15)30(20)2/h3-4,9,23,30H,5-8,10,12H2,1-2H3,(H,24,25)(H2,22,26,27). The van der Waals surface area contributed by atoms with Gasteiger partial charge in [-0.1, -0.05) is 6.07 Å². The molecule has 2 heterocycles. The van der Waals surface area contributed by atoms with E-state index in [4.69, 9.17) is 14.6 Å². The zero-order valence-electron chi connectivity index (χ0n) is 17.4. The van der Waals surface area contributed by atoms with Gasteiger partial charge in [0.05, 0.1) is 23.6 Å². The molecular formula is C20H26N4O5S2. The Morgan fingerprint density at radius 3 is 2.84 bits per heavy atom. The minimum absolute atomic E-state index is 0.000163. The third-order valence-corrected chi connectivity index (χ3v) is 8.32. The lowest BCUT2D eigenvalue weighted by molar-refractivity contribution is -0.119. The molecule has 0 aliphatic carbocycles. The summed E-state index contributed by atoms with van der Waals surface area (Å²) >= 11 is 0. The highest BCUT2D eigenvalue weighted by Crippen LogP contribution is 2.51. The van der Waals surface area contributed by atoms with E-state index >= 15 is 0 Å². The maximum atomic E-state index is 12.8. The molecule has 1 aromatic carbocycles. The number of thiol groups is 1. The van der Waals surface area contributed by atoms with Gasteiger partial charge >= 0.3 is 0 Å². The highest BCUT2D eigenvalue weighted by atomic mass is 32.2. The number of ether oxygens (including phenoxy) is 2. The molecule has 0 bridgehead atoms. The Bertz CT molecular complexity index is 1090. The van der Waals surface area contributed by atoms with Crippen molar-refractivity contribution in [2.24, 2.45) is 5.14 Å². The average molecular weight is 467 g/mol. The first-order valence-electron chi connectivity index (χ1n) is 9.64. The minimum atomic E-state index is -3.98. The van der Waals surface area contributed by atoms with Crippen LogP contribution in [0.4, 0.5) is 0 Å². The summed E-state index contributed by atoms with van der Waals surface area (Å²) in [7, 11) is -3.22. The number of nitriles is 1. The zero-order valence-corrected chi connectivity index (χ0v) is 19.1. The average Bonchev–Trinajstić information content (AvgIpc) is 2.99. The van der Waals surface area contributed by atoms with E-state index < -0.39 is 20.9 Å². The molecule has 0 radical (unpaired) electrons. The van der Waals surface area contributed by atoms with Crippen molar-refractivity contribution in [2.45, 2.75) is 17.7 Å². The van der Waals surface area contributed by atoms with Crippen LogP contribution in [0.25, 0.3) is 0 Å². The van der Waals surface area contributed by atoms with Gasteiger partial charge in [0.2, 0.25) is 15.9 Å². The van der Waals surface area contributed by atoms with Gasteiger partial charge in [-0.3, -0.25) is 4.79 Å². The Labute approximate surface area is 184 Å². The second-order valence-corrected chi connectivity index (χ2v) is 10.8. The number of rotatable bonds is 8. The quantitative estimate of drug-likeness (QED) is 0.325. The molecule has 11 heteroatoms. The molecule has 1 atom stereocenters. The largest absolute Gasteiger partial charge is 0.490 e. The summed E-state index contributed by atoms with van der Waals surface area (Å²) < 4.78 is 34.1. The predicted molar refractivity (Wildman–Crippen MR) is 119 cm³/mol. The molecule has 2 aliphatic rings. The van der Waals surface area contributed by atoms with Gasteiger partial charge in [-0.15, -0.1) is 0 Å². The van der Waals surface area contributed by atoms with Crippen molar-refractivity contribution in [1.29, 1.82) is 5.26 Å². The van der Waals surface area contributed by atoms with Crippen molar-refractivity contribution < 1.29 is 22.7 Å². The van der Waals surface area contributed by atoms with E-state index in [1.165, 1.54) is 30.2 Å². The van der Waals surface area contributed by atoms with E-state index in [0.29, 0.717) is 22.7 Å². The highest BCUT2D eigenvalue weighted by Gasteiger charge is 2.31. The number of hydrogen-bond donors (Lipinski definition) is 4. The van der Waals surface area contributed by atoms with Gasteiger partial charge in [0.25, 0.3) is 0 Å². The molecule has 1 aromatic rings. The molecule has 0 spiro atoms. The Morgan fingerprint density at radius 1 is 1.39 bits per heavy atom. The van der Waals surface area contributed by atoms with Crippen LogP contribution in [0.15, 0.2) is 44.2 Å². The van der Waals surface area contributed by atoms with Crippen molar-refractivity contribution >= 4 is 26.8 Å². The topological polar surface area (TPSA) is 144 Å². The van der Waals surface area contributed by atoms with Gasteiger partial charge in [-0.2, -0.15) is 16.2 Å². The number of methoxy groups -OCH3 is 1. The first-order valence-corrected chi connectivity index (χ1v) is 13.0. The fourth-order valence-electron chi connectivity index (χ4n) is 3.60. The van der Waals surface area contributed by atoms with Crippen LogP contribution in [-0.4, -0.2) is 54.0 Å². The number of amides is 1. The van der Waals surface area contributed by atoms with Crippen LogP contribution in [0, 0.1) is 11.3 Å². The van der Waals surface area contributed by atoms with Crippen LogP contribution in [0.2, 0.25) is 0 Å². The fraction of sp³-hybridized carbons (Fsp3) is 0.400. The number of nitrogens with one attached hydrogen (secondary N) is 2. The minimum Gasteiger partial charge on any atom is -0.490 e. The van der Waals surface area contributed by atoms with Gasteiger partial charge in [0.15, 0.2) is 0 Å². The molecule has 0 saturated carbocycles. The van der Waals surface area contributed by atoms with Crippen molar-refractivity contribution in [2.75, 3.05) is 39.7 Å². The smallest absolute Gasteiger partial charge is 0.241 e. The lowest BCUT2D eigenvalue weighted by Gasteiger charge is -2.22. The van der Waals surface area contributed by atoms with Crippen LogP contribution >= 0.6 is 10.9 Å². The van der Waals surface area contributed by atoms with Gasteiger partial charge < -0.3 is 20.1 Å². The molecule has 0 fully saturated rings. The lowest BCUT2D eigenvalue weighted by Crippen LogP contribution is -2.25. The van der Waals surface area contributed by atoms with Crippen LogP contribution in [0.5, 0.6) is 5.75 Å². The molecule has 31 heavy (non-hydrogen) atoms. The second kappa shape index (κ2) is 9.84. The summed E-state index contributed by atoms with van der Waals surface area (Å²) in [6.45, 7) is 1.92. The summed E-state index contributed by atoms with van der Waals surface area (Å²) in [5.74, 6) is -0.209. The molecule has 2 aliphatic heterocycles.